The lowest BCUT2D eigenvalue weighted by atomic mass is 10.0. The van der Waals surface area contributed by atoms with Gasteiger partial charge in [-0.2, -0.15) is 0 Å². The minimum atomic E-state index is -0.326. The fraction of sp³-hybridized carbons (Fsp3) is 0.111. The third-order valence-corrected chi connectivity index (χ3v) is 4.46. The van der Waals surface area contributed by atoms with Crippen LogP contribution in [-0.2, 0) is 9.59 Å². The maximum absolute atomic E-state index is 12.7. The highest BCUT2D eigenvalue weighted by Gasteiger charge is 2.38. The Kier molecular flexibility index (Phi) is 4.73. The first-order valence-corrected chi connectivity index (χ1v) is 8.57. The molecule has 1 aliphatic rings. The van der Waals surface area contributed by atoms with Gasteiger partial charge >= 0.3 is 0 Å². The van der Waals surface area contributed by atoms with Crippen LogP contribution < -0.4 is 5.32 Å². The van der Waals surface area contributed by atoms with Crippen LogP contribution in [0.5, 0.6) is 0 Å². The number of halogens is 2. The zero-order valence-electron chi connectivity index (χ0n) is 12.8. The molecule has 4 nitrogen and oxygen atoms in total. The molecule has 2 aromatic rings. The van der Waals surface area contributed by atoms with E-state index in [9.17, 15) is 9.59 Å². The molecule has 0 aromatic heterocycles. The van der Waals surface area contributed by atoms with Crippen molar-refractivity contribution >= 4 is 50.6 Å². The van der Waals surface area contributed by atoms with Crippen LogP contribution >= 0.6 is 27.5 Å². The van der Waals surface area contributed by atoms with Gasteiger partial charge in [0, 0.05) is 21.7 Å². The van der Waals surface area contributed by atoms with Gasteiger partial charge < -0.3 is 5.32 Å². The van der Waals surface area contributed by atoms with Crippen molar-refractivity contribution in [3.63, 3.8) is 0 Å². The Balaban J connectivity index is 2.09. The monoisotopic (exact) mass is 404 g/mol. The number of carbonyl (C=O) groups excluding carboxylic acids is 2. The molecule has 6 heteroatoms. The van der Waals surface area contributed by atoms with Gasteiger partial charge in [0.05, 0.1) is 5.57 Å². The van der Waals surface area contributed by atoms with Crippen molar-refractivity contribution in [1.82, 2.24) is 4.90 Å². The van der Waals surface area contributed by atoms with Gasteiger partial charge in [0.1, 0.15) is 5.70 Å². The molecule has 1 heterocycles. The Hall–Kier alpha value is -2.11. The topological polar surface area (TPSA) is 49.4 Å². The first-order chi connectivity index (χ1) is 11.5. The van der Waals surface area contributed by atoms with Crippen molar-refractivity contribution in [3.05, 3.63) is 69.3 Å². The third-order valence-electron chi connectivity index (χ3n) is 3.71. The normalized spacial score (nSPS) is 14.5. The zero-order valence-corrected chi connectivity index (χ0v) is 15.2. The molecular formula is C18H14BrClN2O2. The van der Waals surface area contributed by atoms with Gasteiger partial charge in [0.2, 0.25) is 0 Å². The van der Waals surface area contributed by atoms with Gasteiger partial charge in [0.25, 0.3) is 11.8 Å². The van der Waals surface area contributed by atoms with E-state index >= 15 is 0 Å². The number of nitrogens with one attached hydrogen (secondary N) is 1. The number of imide groups is 1. The second-order valence-corrected chi connectivity index (χ2v) is 6.60. The molecular weight excluding hydrogens is 392 g/mol. The van der Waals surface area contributed by atoms with Crippen LogP contribution in [0.4, 0.5) is 5.69 Å². The molecule has 0 atom stereocenters. The quantitative estimate of drug-likeness (QED) is 0.771. The minimum absolute atomic E-state index is 0.280. The number of hydrogen-bond donors (Lipinski definition) is 1. The molecule has 0 bridgehead atoms. The molecule has 0 saturated carbocycles. The minimum Gasteiger partial charge on any atom is -0.350 e. The van der Waals surface area contributed by atoms with Crippen molar-refractivity contribution in [2.24, 2.45) is 0 Å². The summed E-state index contributed by atoms with van der Waals surface area (Å²) in [5.41, 5.74) is 2.02. The summed E-state index contributed by atoms with van der Waals surface area (Å²) in [6.45, 7) is 2.09. The zero-order chi connectivity index (χ0) is 17.3. The molecule has 24 heavy (non-hydrogen) atoms. The van der Waals surface area contributed by atoms with Crippen molar-refractivity contribution < 1.29 is 9.59 Å². The first-order valence-electron chi connectivity index (χ1n) is 7.40. The van der Waals surface area contributed by atoms with Gasteiger partial charge in [0.15, 0.2) is 0 Å². The van der Waals surface area contributed by atoms with Crippen LogP contribution in [-0.4, -0.2) is 23.3 Å². The number of carbonyl (C=O) groups is 2. The molecule has 3 rings (SSSR count). The van der Waals surface area contributed by atoms with E-state index in [0.717, 1.165) is 10.2 Å². The van der Waals surface area contributed by atoms with Gasteiger partial charge in [-0.15, -0.1) is 0 Å². The number of anilines is 1. The summed E-state index contributed by atoms with van der Waals surface area (Å²) >= 11 is 9.32. The fourth-order valence-corrected chi connectivity index (χ4v) is 3.10. The van der Waals surface area contributed by atoms with Gasteiger partial charge in [-0.1, -0.05) is 45.7 Å². The molecule has 0 spiro atoms. The average molecular weight is 406 g/mol. The second-order valence-electron chi connectivity index (χ2n) is 5.25. The molecule has 122 valence electrons. The van der Waals surface area contributed by atoms with Crippen molar-refractivity contribution in [2.75, 3.05) is 11.9 Å². The van der Waals surface area contributed by atoms with Crippen LogP contribution in [0.1, 0.15) is 12.5 Å². The Labute approximate surface area is 153 Å². The van der Waals surface area contributed by atoms with E-state index < -0.39 is 0 Å². The van der Waals surface area contributed by atoms with Gasteiger partial charge in [-0.05, 0) is 42.8 Å². The lowest BCUT2D eigenvalue weighted by Crippen LogP contribution is -2.32. The molecule has 0 aliphatic carbocycles. The summed E-state index contributed by atoms with van der Waals surface area (Å²) in [5.74, 6) is -0.630. The van der Waals surface area contributed by atoms with Crippen LogP contribution in [0, 0.1) is 0 Å². The maximum atomic E-state index is 12.7. The number of benzene rings is 2. The Morgan fingerprint density at radius 3 is 2.42 bits per heavy atom. The molecule has 1 N–H and O–H groups in total. The van der Waals surface area contributed by atoms with Crippen molar-refractivity contribution in [3.8, 4) is 0 Å². The van der Waals surface area contributed by atoms with E-state index in [1.54, 1.807) is 31.2 Å². The summed E-state index contributed by atoms with van der Waals surface area (Å²) < 4.78 is 0.880. The number of nitrogens with zero attached hydrogens (tertiary/aromatic N) is 1. The van der Waals surface area contributed by atoms with E-state index in [4.69, 9.17) is 11.6 Å². The summed E-state index contributed by atoms with van der Waals surface area (Å²) in [5, 5.41) is 3.67. The Bertz CT molecular complexity index is 846. The maximum Gasteiger partial charge on any atom is 0.278 e. The van der Waals surface area contributed by atoms with E-state index in [1.165, 1.54) is 4.90 Å². The lowest BCUT2D eigenvalue weighted by molar-refractivity contribution is -0.136. The van der Waals surface area contributed by atoms with Crippen molar-refractivity contribution in [2.45, 2.75) is 6.92 Å². The molecule has 2 aromatic carbocycles. The smallest absolute Gasteiger partial charge is 0.278 e. The number of amides is 2. The number of likely N-dealkylation sites (N-methyl/N-ethyl adjacent to an activating group) is 1. The molecule has 2 amide bonds. The molecule has 1 aliphatic heterocycles. The van der Waals surface area contributed by atoms with E-state index in [2.05, 4.69) is 21.2 Å². The van der Waals surface area contributed by atoms with Gasteiger partial charge in [-0.25, -0.2) is 0 Å². The highest BCUT2D eigenvalue weighted by Crippen LogP contribution is 2.31. The lowest BCUT2D eigenvalue weighted by Gasteiger charge is -2.12. The van der Waals surface area contributed by atoms with E-state index in [-0.39, 0.29) is 17.5 Å². The van der Waals surface area contributed by atoms with Crippen LogP contribution in [0.25, 0.3) is 5.57 Å². The highest BCUT2D eigenvalue weighted by atomic mass is 79.9. The fourth-order valence-electron chi connectivity index (χ4n) is 2.57. The van der Waals surface area contributed by atoms with Crippen LogP contribution in [0.3, 0.4) is 0 Å². The number of rotatable bonds is 4. The summed E-state index contributed by atoms with van der Waals surface area (Å²) in [7, 11) is 0. The van der Waals surface area contributed by atoms with E-state index in [0.29, 0.717) is 22.7 Å². The van der Waals surface area contributed by atoms with Crippen LogP contribution in [0.15, 0.2) is 58.7 Å². The first kappa shape index (κ1) is 16.7. The second kappa shape index (κ2) is 6.79. The molecule has 0 unspecified atom stereocenters. The molecule has 0 saturated heterocycles. The standard InChI is InChI=1S/C18H14BrClN2O2/c1-2-22-17(23)15(11-6-8-13(20)9-7-11)16(18(22)24)21-14-5-3-4-12(19)10-14/h3-10,21H,2H2,1H3. The number of hydrogen-bond acceptors (Lipinski definition) is 3. The summed E-state index contributed by atoms with van der Waals surface area (Å²) in [4.78, 5) is 26.5. The largest absolute Gasteiger partial charge is 0.350 e. The molecule has 0 radical (unpaired) electrons. The molecule has 0 fully saturated rings. The Morgan fingerprint density at radius 2 is 1.79 bits per heavy atom. The summed E-state index contributed by atoms with van der Waals surface area (Å²) in [6, 6.07) is 14.3. The Morgan fingerprint density at radius 1 is 1.08 bits per heavy atom. The predicted octanol–water partition coefficient (Wildman–Crippen LogP) is 4.31. The predicted molar refractivity (Wildman–Crippen MR) is 98.5 cm³/mol. The highest BCUT2D eigenvalue weighted by molar-refractivity contribution is 9.10. The van der Waals surface area contributed by atoms with E-state index in [1.807, 2.05) is 24.3 Å². The third kappa shape index (κ3) is 3.09. The average Bonchev–Trinajstić information content (AvgIpc) is 2.79. The summed E-state index contributed by atoms with van der Waals surface area (Å²) in [6.07, 6.45) is 0. The van der Waals surface area contributed by atoms with Crippen molar-refractivity contribution in [1.29, 1.82) is 0 Å². The SMILES string of the molecule is CCN1C(=O)C(Nc2cccc(Br)c2)=C(c2ccc(Cl)cc2)C1=O. The van der Waals surface area contributed by atoms with Gasteiger partial charge in [-0.3, -0.25) is 14.5 Å². The van der Waals surface area contributed by atoms with Crippen LogP contribution in [0.2, 0.25) is 5.02 Å².